The van der Waals surface area contributed by atoms with E-state index in [1.807, 2.05) is 20.2 Å². The number of halogens is 1. The molecule has 2 aliphatic heterocycles. The molecule has 5 rings (SSSR count). The van der Waals surface area contributed by atoms with Gasteiger partial charge in [0, 0.05) is 49.4 Å². The molecule has 1 saturated heterocycles. The monoisotopic (exact) mass is 679 g/mol. The number of nitriles is 1. The lowest BCUT2D eigenvalue weighted by Gasteiger charge is -2.42. The molecular formula is C34H38ClN5O6S. The molecule has 2 amide bonds. The number of rotatable bonds is 11. The summed E-state index contributed by atoms with van der Waals surface area (Å²) in [6.45, 7) is 1.61. The van der Waals surface area contributed by atoms with Crippen molar-refractivity contribution in [1.82, 2.24) is 14.7 Å². The Labute approximate surface area is 280 Å². The molecule has 1 unspecified atom stereocenters. The second kappa shape index (κ2) is 13.5. The maximum absolute atomic E-state index is 15.3. The highest BCUT2D eigenvalue weighted by atomic mass is 35.5. The van der Waals surface area contributed by atoms with Crippen LogP contribution in [0.25, 0.3) is 0 Å². The molecule has 0 radical (unpaired) electrons. The third-order valence-electron chi connectivity index (χ3n) is 8.57. The highest BCUT2D eigenvalue weighted by molar-refractivity contribution is 7.93. The van der Waals surface area contributed by atoms with E-state index >= 15 is 4.79 Å². The van der Waals surface area contributed by atoms with E-state index in [4.69, 9.17) is 21.1 Å². The van der Waals surface area contributed by atoms with Crippen LogP contribution in [0.4, 0.5) is 5.69 Å². The Morgan fingerprint density at radius 1 is 1.06 bits per heavy atom. The van der Waals surface area contributed by atoms with Gasteiger partial charge in [0.25, 0.3) is 15.9 Å². The van der Waals surface area contributed by atoms with Gasteiger partial charge in [-0.25, -0.2) is 12.7 Å². The molecular weight excluding hydrogens is 642 g/mol. The number of nitrogens with zero attached hydrogens (tertiary/aromatic N) is 5. The second-order valence-corrected chi connectivity index (χ2v) is 14.3. The van der Waals surface area contributed by atoms with Crippen molar-refractivity contribution in [2.75, 3.05) is 59.3 Å². The number of sulfonamides is 1. The lowest BCUT2D eigenvalue weighted by molar-refractivity contribution is -0.138. The SMILES string of the molecule is COc1cc(OCCCN(C)C)ccc1[C@]1(N2CCCC2C(=O)N(C)C)C(=O)N(S(=O)(=O)c2ccc(C#N)cc2)c2ccc(Cl)cc21. The minimum atomic E-state index is -4.51. The van der Waals surface area contributed by atoms with Crippen LogP contribution in [0, 0.1) is 11.3 Å². The first-order chi connectivity index (χ1) is 22.4. The summed E-state index contributed by atoms with van der Waals surface area (Å²) < 4.78 is 41.5. The van der Waals surface area contributed by atoms with Gasteiger partial charge >= 0.3 is 0 Å². The molecule has 2 heterocycles. The third-order valence-corrected chi connectivity index (χ3v) is 10.5. The number of carbonyl (C=O) groups excluding carboxylic acids is 2. The van der Waals surface area contributed by atoms with E-state index in [1.165, 1.54) is 48.4 Å². The number of carbonyl (C=O) groups is 2. The van der Waals surface area contributed by atoms with Crippen molar-refractivity contribution in [3.63, 3.8) is 0 Å². The van der Waals surface area contributed by atoms with Crippen molar-refractivity contribution in [2.24, 2.45) is 0 Å². The average Bonchev–Trinajstić information content (AvgIpc) is 3.63. The van der Waals surface area contributed by atoms with E-state index in [0.29, 0.717) is 42.9 Å². The van der Waals surface area contributed by atoms with Gasteiger partial charge in [0.15, 0.2) is 5.54 Å². The van der Waals surface area contributed by atoms with Crippen molar-refractivity contribution < 1.29 is 27.5 Å². The summed E-state index contributed by atoms with van der Waals surface area (Å²) in [6.07, 6.45) is 1.84. The standard InChI is InChI=1S/C34H38ClN5O6S/c1-37(2)17-7-19-46-25-12-15-27(31(21-25)45-5)34(39-18-6-8-30(39)32(41)38(3)4)28-20-24(35)11-16-29(28)40(33(34)42)47(43,44)26-13-9-23(22-36)10-14-26/h9-16,20-21,30H,6-8,17-19H2,1-5H3/t30?,34-/m1/s1. The number of anilines is 1. The first-order valence-corrected chi connectivity index (χ1v) is 17.0. The molecule has 11 nitrogen and oxygen atoms in total. The third kappa shape index (κ3) is 6.05. The average molecular weight is 680 g/mol. The fraction of sp³-hybridized carbons (Fsp3) is 0.382. The summed E-state index contributed by atoms with van der Waals surface area (Å²) >= 11 is 6.59. The van der Waals surface area contributed by atoms with Crippen molar-refractivity contribution in [3.8, 4) is 17.6 Å². The number of fused-ring (bicyclic) bond motifs is 1. The highest BCUT2D eigenvalue weighted by Gasteiger charge is 2.63. The van der Waals surface area contributed by atoms with Crippen LogP contribution >= 0.6 is 11.6 Å². The fourth-order valence-corrected chi connectivity index (χ4v) is 8.07. The Hall–Kier alpha value is -4.15. The normalized spacial score (nSPS) is 19.5. The van der Waals surface area contributed by atoms with E-state index in [1.54, 1.807) is 43.3 Å². The lowest BCUT2D eigenvalue weighted by Crippen LogP contribution is -2.59. The van der Waals surface area contributed by atoms with Gasteiger partial charge in [-0.05, 0) is 88.0 Å². The topological polar surface area (TPSA) is 123 Å². The van der Waals surface area contributed by atoms with Gasteiger partial charge < -0.3 is 19.3 Å². The Morgan fingerprint density at radius 3 is 2.43 bits per heavy atom. The summed E-state index contributed by atoms with van der Waals surface area (Å²) in [6, 6.07) is 16.3. The zero-order valence-electron chi connectivity index (χ0n) is 27.1. The zero-order valence-corrected chi connectivity index (χ0v) is 28.6. The summed E-state index contributed by atoms with van der Waals surface area (Å²) in [7, 11) is 4.23. The largest absolute Gasteiger partial charge is 0.496 e. The van der Waals surface area contributed by atoms with E-state index in [-0.39, 0.29) is 32.8 Å². The molecule has 0 aliphatic carbocycles. The van der Waals surface area contributed by atoms with Gasteiger partial charge in [0.2, 0.25) is 5.91 Å². The second-order valence-electron chi connectivity index (χ2n) is 12.0. The first-order valence-electron chi connectivity index (χ1n) is 15.2. The molecule has 0 spiro atoms. The Morgan fingerprint density at radius 2 is 1.79 bits per heavy atom. The lowest BCUT2D eigenvalue weighted by atomic mass is 9.80. The van der Waals surface area contributed by atoms with Crippen LogP contribution in [0.5, 0.6) is 11.5 Å². The van der Waals surface area contributed by atoms with Gasteiger partial charge in [0.1, 0.15) is 11.5 Å². The Kier molecular flexibility index (Phi) is 9.84. The predicted octanol–water partition coefficient (Wildman–Crippen LogP) is 4.08. The molecule has 3 aromatic carbocycles. The van der Waals surface area contributed by atoms with Gasteiger partial charge in [-0.2, -0.15) is 5.26 Å². The summed E-state index contributed by atoms with van der Waals surface area (Å²) in [5.74, 6) is -0.211. The van der Waals surface area contributed by atoms with Crippen LogP contribution in [0.1, 0.15) is 36.0 Å². The smallest absolute Gasteiger partial charge is 0.271 e. The number of hydrogen-bond acceptors (Lipinski definition) is 9. The number of ether oxygens (including phenoxy) is 2. The molecule has 0 bridgehead atoms. The van der Waals surface area contributed by atoms with Crippen molar-refractivity contribution in [3.05, 3.63) is 82.4 Å². The molecule has 3 aromatic rings. The van der Waals surface area contributed by atoms with Crippen molar-refractivity contribution in [1.29, 1.82) is 5.26 Å². The predicted molar refractivity (Wildman–Crippen MR) is 178 cm³/mol. The quantitative estimate of drug-likeness (QED) is 0.276. The molecule has 0 saturated carbocycles. The molecule has 13 heteroatoms. The number of amides is 2. The van der Waals surface area contributed by atoms with Crippen LogP contribution in [-0.2, 0) is 25.2 Å². The minimum Gasteiger partial charge on any atom is -0.496 e. The molecule has 0 aromatic heterocycles. The number of hydrogen-bond donors (Lipinski definition) is 0. The highest BCUT2D eigenvalue weighted by Crippen LogP contribution is 2.55. The maximum atomic E-state index is 15.3. The molecule has 1 fully saturated rings. The number of benzene rings is 3. The molecule has 2 aliphatic rings. The minimum absolute atomic E-state index is 0.109. The van der Waals surface area contributed by atoms with Gasteiger partial charge in [0.05, 0.1) is 42.0 Å². The van der Waals surface area contributed by atoms with Gasteiger partial charge in [-0.3, -0.25) is 14.5 Å². The summed E-state index contributed by atoms with van der Waals surface area (Å²) in [4.78, 5) is 34.1. The summed E-state index contributed by atoms with van der Waals surface area (Å²) in [5, 5.41) is 9.57. The van der Waals surface area contributed by atoms with Gasteiger partial charge in [-0.15, -0.1) is 0 Å². The van der Waals surface area contributed by atoms with E-state index in [0.717, 1.165) is 17.3 Å². The Bertz CT molecular complexity index is 1830. The zero-order chi connectivity index (χ0) is 34.1. The van der Waals surface area contributed by atoms with Crippen molar-refractivity contribution in [2.45, 2.75) is 35.7 Å². The number of likely N-dealkylation sites (N-methyl/N-ethyl adjacent to an activating group) is 1. The van der Waals surface area contributed by atoms with E-state index in [2.05, 4.69) is 4.90 Å². The van der Waals surface area contributed by atoms with E-state index in [9.17, 15) is 18.5 Å². The fourth-order valence-electron chi connectivity index (χ4n) is 6.44. The van der Waals surface area contributed by atoms with Crippen LogP contribution < -0.4 is 13.8 Å². The van der Waals surface area contributed by atoms with Crippen LogP contribution in [0.15, 0.2) is 65.6 Å². The molecule has 248 valence electrons. The Balaban J connectivity index is 1.75. The number of likely N-dealkylation sites (tertiary alicyclic amines) is 1. The number of methoxy groups -OCH3 is 1. The first kappa shape index (κ1) is 34.2. The summed E-state index contributed by atoms with van der Waals surface area (Å²) in [5.41, 5.74) is -0.776. The van der Waals surface area contributed by atoms with Gasteiger partial charge in [-0.1, -0.05) is 11.6 Å². The van der Waals surface area contributed by atoms with Crippen LogP contribution in [-0.4, -0.2) is 96.0 Å². The maximum Gasteiger partial charge on any atom is 0.271 e. The molecule has 2 atom stereocenters. The molecule has 47 heavy (non-hydrogen) atoms. The van der Waals surface area contributed by atoms with Crippen LogP contribution in [0.3, 0.4) is 0 Å². The molecule has 0 N–H and O–H groups in total. The van der Waals surface area contributed by atoms with E-state index < -0.39 is 27.5 Å². The van der Waals surface area contributed by atoms with Crippen molar-refractivity contribution >= 4 is 39.1 Å². The van der Waals surface area contributed by atoms with Crippen LogP contribution in [0.2, 0.25) is 5.02 Å².